The van der Waals surface area contributed by atoms with Crippen LogP contribution in [0.25, 0.3) is 0 Å². The Morgan fingerprint density at radius 2 is 1.88 bits per heavy atom. The smallest absolute Gasteiger partial charge is 0.272 e. The van der Waals surface area contributed by atoms with Gasteiger partial charge in [-0.1, -0.05) is 5.16 Å². The number of ether oxygens (including phenoxy) is 1. The molecule has 0 amide bonds. The summed E-state index contributed by atoms with van der Waals surface area (Å²) in [5, 5.41) is 10.8. The number of oxime groups is 1. The Morgan fingerprint density at radius 3 is 2.29 bits per heavy atom. The molecule has 3 N–H and O–H groups in total. The number of hydrogen-bond donors (Lipinski definition) is 2. The van der Waals surface area contributed by atoms with E-state index < -0.39 is 36.3 Å². The van der Waals surface area contributed by atoms with Gasteiger partial charge in [-0.2, -0.15) is 0 Å². The van der Waals surface area contributed by atoms with Gasteiger partial charge in [-0.25, -0.2) is 17.6 Å². The highest BCUT2D eigenvalue weighted by Gasteiger charge is 2.16. The number of alkyl halides is 2. The summed E-state index contributed by atoms with van der Waals surface area (Å²) in [6.45, 7) is -1.13. The van der Waals surface area contributed by atoms with Crippen LogP contribution in [-0.2, 0) is 0 Å². The molecule has 0 aliphatic rings. The van der Waals surface area contributed by atoms with Gasteiger partial charge < -0.3 is 15.7 Å². The van der Waals surface area contributed by atoms with E-state index in [0.717, 1.165) is 0 Å². The summed E-state index contributed by atoms with van der Waals surface area (Å²) in [6.07, 6.45) is -2.85. The highest BCUT2D eigenvalue weighted by atomic mass is 19.3. The van der Waals surface area contributed by atoms with Crippen LogP contribution in [0.5, 0.6) is 5.75 Å². The van der Waals surface area contributed by atoms with Crippen molar-refractivity contribution in [2.45, 2.75) is 6.43 Å². The zero-order valence-corrected chi connectivity index (χ0v) is 8.33. The van der Waals surface area contributed by atoms with Crippen LogP contribution in [0.4, 0.5) is 17.6 Å². The van der Waals surface area contributed by atoms with Crippen LogP contribution in [0.1, 0.15) is 5.56 Å². The Kier molecular flexibility index (Phi) is 4.13. The molecule has 1 aromatic carbocycles. The molecule has 0 heterocycles. The van der Waals surface area contributed by atoms with E-state index in [1.807, 2.05) is 0 Å². The molecule has 94 valence electrons. The number of nitrogens with two attached hydrogens (primary N) is 1. The summed E-state index contributed by atoms with van der Waals surface area (Å²) in [7, 11) is 0. The lowest BCUT2D eigenvalue weighted by atomic mass is 10.2. The van der Waals surface area contributed by atoms with Crippen molar-refractivity contribution < 1.29 is 27.5 Å². The van der Waals surface area contributed by atoms with E-state index in [2.05, 4.69) is 9.89 Å². The Hall–Kier alpha value is -1.99. The number of hydrogen-bond acceptors (Lipinski definition) is 3. The zero-order valence-electron chi connectivity index (χ0n) is 8.33. The normalized spacial score (nSPS) is 11.9. The molecule has 0 atom stereocenters. The summed E-state index contributed by atoms with van der Waals surface area (Å²) in [5.41, 5.74) is 4.88. The van der Waals surface area contributed by atoms with Gasteiger partial charge in [0.05, 0.1) is 0 Å². The fourth-order valence-electron chi connectivity index (χ4n) is 1.05. The second-order valence-electron chi connectivity index (χ2n) is 2.96. The minimum atomic E-state index is -2.85. The number of amidine groups is 1. The van der Waals surface area contributed by atoms with Crippen molar-refractivity contribution in [3.63, 3.8) is 0 Å². The zero-order chi connectivity index (χ0) is 13.0. The molecule has 0 bridgehead atoms. The first-order chi connectivity index (χ1) is 7.95. The SMILES string of the molecule is N/C(=N/O)c1cc(F)c(OCC(F)F)c(F)c1. The highest BCUT2D eigenvalue weighted by Crippen LogP contribution is 2.23. The van der Waals surface area contributed by atoms with Crippen molar-refractivity contribution in [2.24, 2.45) is 10.9 Å². The Bertz CT molecular complexity index is 414. The van der Waals surface area contributed by atoms with Gasteiger partial charge in [-0.05, 0) is 12.1 Å². The van der Waals surface area contributed by atoms with Crippen molar-refractivity contribution in [1.29, 1.82) is 0 Å². The van der Waals surface area contributed by atoms with Crippen molar-refractivity contribution in [3.05, 3.63) is 29.3 Å². The van der Waals surface area contributed by atoms with E-state index in [1.54, 1.807) is 0 Å². The lowest BCUT2D eigenvalue weighted by molar-refractivity contribution is 0.0777. The molecule has 8 heteroatoms. The predicted molar refractivity (Wildman–Crippen MR) is 50.4 cm³/mol. The van der Waals surface area contributed by atoms with Gasteiger partial charge in [0.15, 0.2) is 23.2 Å². The molecule has 1 rings (SSSR count). The highest BCUT2D eigenvalue weighted by molar-refractivity contribution is 5.97. The van der Waals surface area contributed by atoms with E-state index in [1.165, 1.54) is 0 Å². The molecule has 0 aliphatic heterocycles. The maximum absolute atomic E-state index is 13.3. The van der Waals surface area contributed by atoms with E-state index in [4.69, 9.17) is 10.9 Å². The summed E-state index contributed by atoms with van der Waals surface area (Å²) in [4.78, 5) is 0. The minimum Gasteiger partial charge on any atom is -0.482 e. The summed E-state index contributed by atoms with van der Waals surface area (Å²) >= 11 is 0. The van der Waals surface area contributed by atoms with Crippen LogP contribution >= 0.6 is 0 Å². The maximum atomic E-state index is 13.3. The molecule has 0 spiro atoms. The van der Waals surface area contributed by atoms with Crippen molar-refractivity contribution in [1.82, 2.24) is 0 Å². The van der Waals surface area contributed by atoms with E-state index >= 15 is 0 Å². The second kappa shape index (κ2) is 5.37. The second-order valence-corrected chi connectivity index (χ2v) is 2.96. The lowest BCUT2D eigenvalue weighted by Gasteiger charge is -2.09. The fourth-order valence-corrected chi connectivity index (χ4v) is 1.05. The van der Waals surface area contributed by atoms with Crippen LogP contribution in [0.2, 0.25) is 0 Å². The summed E-state index contributed by atoms with van der Waals surface area (Å²) in [6, 6.07) is 1.41. The predicted octanol–water partition coefficient (Wildman–Crippen LogP) is 1.70. The number of nitrogens with zero attached hydrogens (tertiary/aromatic N) is 1. The molecule has 17 heavy (non-hydrogen) atoms. The average Bonchev–Trinajstić information content (AvgIpc) is 2.26. The van der Waals surface area contributed by atoms with Crippen LogP contribution in [0, 0.1) is 11.6 Å². The van der Waals surface area contributed by atoms with Crippen molar-refractivity contribution in [3.8, 4) is 5.75 Å². The number of benzene rings is 1. The molecule has 0 aromatic heterocycles. The number of halogens is 4. The molecule has 0 aliphatic carbocycles. The van der Waals surface area contributed by atoms with Crippen molar-refractivity contribution >= 4 is 5.84 Å². The fraction of sp³-hybridized carbons (Fsp3) is 0.222. The molecule has 1 aromatic rings. The first-order valence-corrected chi connectivity index (χ1v) is 4.33. The van der Waals surface area contributed by atoms with Gasteiger partial charge in [0, 0.05) is 5.56 Å². The third kappa shape index (κ3) is 3.23. The van der Waals surface area contributed by atoms with Gasteiger partial charge in [-0.15, -0.1) is 0 Å². The Balaban J connectivity index is 3.02. The molecule has 0 saturated carbocycles. The van der Waals surface area contributed by atoms with E-state index in [0.29, 0.717) is 12.1 Å². The van der Waals surface area contributed by atoms with Crippen LogP contribution < -0.4 is 10.5 Å². The molecule has 0 radical (unpaired) electrons. The maximum Gasteiger partial charge on any atom is 0.272 e. The van der Waals surface area contributed by atoms with Crippen LogP contribution in [0.15, 0.2) is 17.3 Å². The minimum absolute atomic E-state index is 0.230. The van der Waals surface area contributed by atoms with Gasteiger partial charge in [0.25, 0.3) is 6.43 Å². The first-order valence-electron chi connectivity index (χ1n) is 4.33. The summed E-state index contributed by atoms with van der Waals surface area (Å²) in [5.74, 6) is -3.87. The molecular weight excluding hydrogens is 244 g/mol. The standard InChI is InChI=1S/C9H8F4N2O2/c10-5-1-4(9(14)15-16)2-6(11)8(5)17-3-7(12)13/h1-2,7,16H,3H2,(H2,14,15). The Labute approximate surface area is 93.3 Å². The third-order valence-electron chi connectivity index (χ3n) is 1.76. The van der Waals surface area contributed by atoms with Crippen LogP contribution in [0.3, 0.4) is 0 Å². The monoisotopic (exact) mass is 252 g/mol. The van der Waals surface area contributed by atoms with Gasteiger partial charge in [0.2, 0.25) is 0 Å². The average molecular weight is 252 g/mol. The molecule has 0 unspecified atom stereocenters. The van der Waals surface area contributed by atoms with Crippen molar-refractivity contribution in [2.75, 3.05) is 6.61 Å². The lowest BCUT2D eigenvalue weighted by Crippen LogP contribution is -2.15. The molecule has 4 nitrogen and oxygen atoms in total. The quantitative estimate of drug-likeness (QED) is 0.282. The third-order valence-corrected chi connectivity index (χ3v) is 1.76. The molecule has 0 fully saturated rings. The summed E-state index contributed by atoms with van der Waals surface area (Å²) < 4.78 is 54.4. The Morgan fingerprint density at radius 1 is 1.35 bits per heavy atom. The van der Waals surface area contributed by atoms with Gasteiger partial charge in [0.1, 0.15) is 6.61 Å². The van der Waals surface area contributed by atoms with E-state index in [-0.39, 0.29) is 5.56 Å². The molecule has 0 saturated heterocycles. The topological polar surface area (TPSA) is 67.8 Å². The largest absolute Gasteiger partial charge is 0.482 e. The van der Waals surface area contributed by atoms with E-state index in [9.17, 15) is 17.6 Å². The molecular formula is C9H8F4N2O2. The van der Waals surface area contributed by atoms with Crippen LogP contribution in [-0.4, -0.2) is 24.1 Å². The number of rotatable bonds is 4. The first kappa shape index (κ1) is 13.1. The van der Waals surface area contributed by atoms with Gasteiger partial charge in [-0.3, -0.25) is 0 Å². The van der Waals surface area contributed by atoms with Gasteiger partial charge >= 0.3 is 0 Å².